The molecule has 1 aliphatic heterocycles. The van der Waals surface area contributed by atoms with Crippen molar-refractivity contribution in [3.63, 3.8) is 0 Å². The van der Waals surface area contributed by atoms with Crippen LogP contribution in [0.4, 0.5) is 5.69 Å². The van der Waals surface area contributed by atoms with Crippen molar-refractivity contribution in [3.8, 4) is 5.75 Å². The number of aliphatic hydroxyl groups is 1. The number of nitrogens with zero attached hydrogens (tertiary/aromatic N) is 1. The highest BCUT2D eigenvalue weighted by atomic mass is 16.5. The molecule has 2 rings (SSSR count). The average Bonchev–Trinajstić information content (AvgIpc) is 2.59. The average molecular weight is 319 g/mol. The molecule has 1 aliphatic rings. The Labute approximate surface area is 137 Å². The van der Waals surface area contributed by atoms with Crippen LogP contribution in [0.25, 0.3) is 0 Å². The van der Waals surface area contributed by atoms with Crippen molar-refractivity contribution in [1.82, 2.24) is 0 Å². The molecule has 0 saturated carbocycles. The minimum Gasteiger partial charge on any atom is -0.475 e. The summed E-state index contributed by atoms with van der Waals surface area (Å²) in [5.41, 5.74) is 0.344. The van der Waals surface area contributed by atoms with E-state index in [4.69, 9.17) is 9.84 Å². The Bertz CT molecular complexity index is 593. The van der Waals surface area contributed by atoms with E-state index in [0.717, 1.165) is 0 Å². The molecule has 0 aliphatic carbocycles. The molecule has 0 aromatic heterocycles. The Morgan fingerprint density at radius 3 is 2.52 bits per heavy atom. The van der Waals surface area contributed by atoms with Crippen LogP contribution in [0.5, 0.6) is 5.75 Å². The molecular weight excluding hydrogens is 294 g/mol. The van der Waals surface area contributed by atoms with E-state index in [-0.39, 0.29) is 18.3 Å². The number of carbonyl (C=O) groups is 2. The van der Waals surface area contributed by atoms with Crippen LogP contribution in [0.1, 0.15) is 56.8 Å². The molecule has 23 heavy (non-hydrogen) atoms. The Morgan fingerprint density at radius 2 is 1.96 bits per heavy atom. The van der Waals surface area contributed by atoms with E-state index < -0.39 is 5.60 Å². The summed E-state index contributed by atoms with van der Waals surface area (Å²) in [6.07, 6.45) is 2.05. The van der Waals surface area contributed by atoms with Gasteiger partial charge in [0, 0.05) is 25.1 Å². The maximum Gasteiger partial charge on any atom is 0.271 e. The Morgan fingerprint density at radius 1 is 1.26 bits per heavy atom. The first kappa shape index (κ1) is 17.5. The fourth-order valence-corrected chi connectivity index (χ4v) is 2.95. The van der Waals surface area contributed by atoms with Crippen LogP contribution in [0, 0.1) is 0 Å². The summed E-state index contributed by atoms with van der Waals surface area (Å²) >= 11 is 0. The summed E-state index contributed by atoms with van der Waals surface area (Å²) in [4.78, 5) is 26.6. The first-order valence-electron chi connectivity index (χ1n) is 8.32. The zero-order valence-corrected chi connectivity index (χ0v) is 14.1. The summed E-state index contributed by atoms with van der Waals surface area (Å²) in [7, 11) is 0. The number of ketones is 1. The van der Waals surface area contributed by atoms with Gasteiger partial charge in [-0.15, -0.1) is 0 Å². The predicted octanol–water partition coefficient (Wildman–Crippen LogP) is 2.95. The zero-order valence-electron chi connectivity index (χ0n) is 14.1. The van der Waals surface area contributed by atoms with Gasteiger partial charge in [-0.05, 0) is 37.5 Å². The summed E-state index contributed by atoms with van der Waals surface area (Å²) in [6.45, 7) is 6.11. The molecular formula is C18H25NO4. The molecule has 0 radical (unpaired) electrons. The van der Waals surface area contributed by atoms with E-state index in [9.17, 15) is 9.59 Å². The van der Waals surface area contributed by atoms with Crippen molar-refractivity contribution < 1.29 is 19.4 Å². The third-order valence-electron chi connectivity index (χ3n) is 4.52. The van der Waals surface area contributed by atoms with Gasteiger partial charge in [-0.2, -0.15) is 0 Å². The van der Waals surface area contributed by atoms with Crippen molar-refractivity contribution in [3.05, 3.63) is 23.8 Å². The van der Waals surface area contributed by atoms with Crippen molar-refractivity contribution >= 4 is 17.4 Å². The molecule has 1 aromatic carbocycles. The highest BCUT2D eigenvalue weighted by Crippen LogP contribution is 2.41. The number of ether oxygens (including phenoxy) is 1. The van der Waals surface area contributed by atoms with Crippen molar-refractivity contribution in [2.24, 2.45) is 0 Å². The first-order valence-corrected chi connectivity index (χ1v) is 8.32. The van der Waals surface area contributed by atoms with Crippen LogP contribution >= 0.6 is 0 Å². The van der Waals surface area contributed by atoms with Crippen molar-refractivity contribution in [2.75, 3.05) is 18.1 Å². The van der Waals surface area contributed by atoms with Gasteiger partial charge in [0.2, 0.25) is 0 Å². The molecule has 0 bridgehead atoms. The number of hydrogen-bond acceptors (Lipinski definition) is 4. The number of amides is 1. The predicted molar refractivity (Wildman–Crippen MR) is 89.1 cm³/mol. The van der Waals surface area contributed by atoms with Crippen LogP contribution in [-0.2, 0) is 4.79 Å². The van der Waals surface area contributed by atoms with Gasteiger partial charge in [-0.3, -0.25) is 9.59 Å². The van der Waals surface area contributed by atoms with Crippen LogP contribution in [0.15, 0.2) is 18.2 Å². The fourth-order valence-electron chi connectivity index (χ4n) is 2.95. The van der Waals surface area contributed by atoms with Crippen molar-refractivity contribution in [1.29, 1.82) is 0 Å². The number of carbonyl (C=O) groups excluding carboxylic acids is 2. The Balaban J connectivity index is 2.50. The van der Waals surface area contributed by atoms with Gasteiger partial charge in [0.15, 0.2) is 11.4 Å². The van der Waals surface area contributed by atoms with E-state index in [2.05, 4.69) is 0 Å². The van der Waals surface area contributed by atoms with Gasteiger partial charge < -0.3 is 14.7 Å². The lowest BCUT2D eigenvalue weighted by Crippen LogP contribution is -2.56. The maximum atomic E-state index is 13.0. The van der Waals surface area contributed by atoms with Gasteiger partial charge in [0.1, 0.15) is 5.75 Å². The molecule has 126 valence electrons. The number of rotatable bonds is 7. The monoisotopic (exact) mass is 319 g/mol. The molecule has 1 amide bonds. The molecule has 0 spiro atoms. The van der Waals surface area contributed by atoms with Crippen LogP contribution in [-0.4, -0.2) is 35.5 Å². The van der Waals surface area contributed by atoms with Gasteiger partial charge in [-0.1, -0.05) is 20.8 Å². The van der Waals surface area contributed by atoms with Gasteiger partial charge in [-0.25, -0.2) is 0 Å². The summed E-state index contributed by atoms with van der Waals surface area (Å²) in [6, 6.07) is 5.25. The number of anilines is 1. The molecule has 1 heterocycles. The molecule has 0 fully saturated rings. The van der Waals surface area contributed by atoms with E-state index in [0.29, 0.717) is 49.2 Å². The first-order chi connectivity index (χ1) is 11.0. The van der Waals surface area contributed by atoms with Gasteiger partial charge in [0.05, 0.1) is 5.69 Å². The Kier molecular flexibility index (Phi) is 5.42. The van der Waals surface area contributed by atoms with Crippen LogP contribution < -0.4 is 9.64 Å². The summed E-state index contributed by atoms with van der Waals surface area (Å²) in [5, 5.41) is 9.13. The lowest BCUT2D eigenvalue weighted by Gasteiger charge is -2.42. The standard InChI is InChI=1S/C18H25NO4/c1-4-15(21)13-8-9-16-14(12-13)19(10-7-11-20)17(22)18(5-2,6-3)23-16/h8-9,12,20H,4-7,10-11H2,1-3H3. The Hall–Kier alpha value is -1.88. The third kappa shape index (κ3) is 3.11. The van der Waals surface area contributed by atoms with Gasteiger partial charge in [0.25, 0.3) is 5.91 Å². The highest BCUT2D eigenvalue weighted by Gasteiger charge is 2.45. The van der Waals surface area contributed by atoms with Crippen LogP contribution in [0.3, 0.4) is 0 Å². The lowest BCUT2D eigenvalue weighted by atomic mass is 9.92. The van der Waals surface area contributed by atoms with E-state index >= 15 is 0 Å². The van der Waals surface area contributed by atoms with Crippen LogP contribution in [0.2, 0.25) is 0 Å². The third-order valence-corrected chi connectivity index (χ3v) is 4.52. The number of fused-ring (bicyclic) bond motifs is 1. The minimum absolute atomic E-state index is 0.0127. The normalized spacial score (nSPS) is 16.0. The largest absolute Gasteiger partial charge is 0.475 e. The quantitative estimate of drug-likeness (QED) is 0.785. The number of benzene rings is 1. The molecule has 0 saturated heterocycles. The molecule has 5 nitrogen and oxygen atoms in total. The minimum atomic E-state index is -0.862. The highest BCUT2D eigenvalue weighted by molar-refractivity contribution is 6.05. The molecule has 1 aromatic rings. The molecule has 5 heteroatoms. The second-order valence-electron chi connectivity index (χ2n) is 5.80. The van der Waals surface area contributed by atoms with E-state index in [1.54, 1.807) is 23.1 Å². The maximum absolute atomic E-state index is 13.0. The molecule has 0 unspecified atom stereocenters. The number of Topliss-reactive ketones (excluding diaryl/α,β-unsaturated/α-hetero) is 1. The second-order valence-corrected chi connectivity index (χ2v) is 5.80. The smallest absolute Gasteiger partial charge is 0.271 e. The van der Waals surface area contributed by atoms with E-state index in [1.165, 1.54) is 0 Å². The molecule has 0 atom stereocenters. The molecule has 1 N–H and O–H groups in total. The number of aliphatic hydroxyl groups excluding tert-OH is 1. The lowest BCUT2D eigenvalue weighted by molar-refractivity contribution is -0.136. The van der Waals surface area contributed by atoms with Crippen molar-refractivity contribution in [2.45, 2.75) is 52.1 Å². The number of hydrogen-bond donors (Lipinski definition) is 1. The van der Waals surface area contributed by atoms with E-state index in [1.807, 2.05) is 20.8 Å². The second kappa shape index (κ2) is 7.13. The topological polar surface area (TPSA) is 66.8 Å². The summed E-state index contributed by atoms with van der Waals surface area (Å²) in [5.74, 6) is 0.564. The zero-order chi connectivity index (χ0) is 17.0. The summed E-state index contributed by atoms with van der Waals surface area (Å²) < 4.78 is 6.04. The SMILES string of the molecule is CCC(=O)c1ccc2c(c1)N(CCCO)C(=O)C(CC)(CC)O2. The fraction of sp³-hybridized carbons (Fsp3) is 0.556. The van der Waals surface area contributed by atoms with Gasteiger partial charge >= 0.3 is 0 Å².